The van der Waals surface area contributed by atoms with Crippen molar-refractivity contribution in [2.24, 2.45) is 7.05 Å². The van der Waals surface area contributed by atoms with Crippen molar-refractivity contribution in [3.05, 3.63) is 36.2 Å². The molecule has 10 heteroatoms. The lowest BCUT2D eigenvalue weighted by atomic mass is 10.3. The van der Waals surface area contributed by atoms with E-state index in [1.807, 2.05) is 0 Å². The van der Waals surface area contributed by atoms with Crippen molar-refractivity contribution in [2.75, 3.05) is 37.3 Å². The predicted octanol–water partition coefficient (Wildman–Crippen LogP) is 1.40. The molecule has 0 atom stereocenters. The standard InChI is InChI=1S/C17H19N5O3S2/c1-20-6-5-14(19-20)16(23)21-7-9-22(10-8-21)17-18-13-4-3-12(27(2,24)25)11-15(13)26-17/h3-6,11H,7-10H2,1-2H3. The third-order valence-electron chi connectivity index (χ3n) is 4.55. The van der Waals surface area contributed by atoms with Gasteiger partial charge in [-0.25, -0.2) is 13.4 Å². The average molecular weight is 406 g/mol. The summed E-state index contributed by atoms with van der Waals surface area (Å²) < 4.78 is 25.9. The minimum Gasteiger partial charge on any atom is -0.345 e. The second-order valence-corrected chi connectivity index (χ2v) is 9.58. The van der Waals surface area contributed by atoms with E-state index < -0.39 is 9.84 Å². The molecule has 1 aliphatic rings. The van der Waals surface area contributed by atoms with E-state index in [-0.39, 0.29) is 5.91 Å². The maximum absolute atomic E-state index is 12.5. The van der Waals surface area contributed by atoms with Crippen molar-refractivity contribution in [1.29, 1.82) is 0 Å². The third kappa shape index (κ3) is 3.54. The molecule has 0 spiro atoms. The molecule has 1 saturated heterocycles. The molecule has 27 heavy (non-hydrogen) atoms. The monoisotopic (exact) mass is 405 g/mol. The van der Waals surface area contributed by atoms with Crippen LogP contribution in [0.4, 0.5) is 5.13 Å². The minimum absolute atomic E-state index is 0.0580. The van der Waals surface area contributed by atoms with Gasteiger partial charge in [-0.05, 0) is 24.3 Å². The van der Waals surface area contributed by atoms with Crippen molar-refractivity contribution in [2.45, 2.75) is 4.90 Å². The highest BCUT2D eigenvalue weighted by molar-refractivity contribution is 7.90. The van der Waals surface area contributed by atoms with Crippen LogP contribution in [0.5, 0.6) is 0 Å². The summed E-state index contributed by atoms with van der Waals surface area (Å²) in [6.07, 6.45) is 2.96. The topological polar surface area (TPSA) is 88.4 Å². The van der Waals surface area contributed by atoms with E-state index in [0.717, 1.165) is 15.3 Å². The van der Waals surface area contributed by atoms with Crippen molar-refractivity contribution < 1.29 is 13.2 Å². The number of hydrogen-bond acceptors (Lipinski definition) is 7. The number of nitrogens with zero attached hydrogens (tertiary/aromatic N) is 5. The molecule has 1 amide bonds. The van der Waals surface area contributed by atoms with Gasteiger partial charge in [0.2, 0.25) is 0 Å². The number of anilines is 1. The molecule has 0 aliphatic carbocycles. The minimum atomic E-state index is -3.24. The number of benzene rings is 1. The van der Waals surface area contributed by atoms with Crippen molar-refractivity contribution in [3.63, 3.8) is 0 Å². The number of aromatic nitrogens is 3. The third-order valence-corrected chi connectivity index (χ3v) is 6.74. The fourth-order valence-electron chi connectivity index (χ4n) is 3.05. The van der Waals surface area contributed by atoms with Gasteiger partial charge in [0, 0.05) is 45.7 Å². The summed E-state index contributed by atoms with van der Waals surface area (Å²) in [4.78, 5) is 21.3. The smallest absolute Gasteiger partial charge is 0.274 e. The van der Waals surface area contributed by atoms with Crippen LogP contribution in [0, 0.1) is 0 Å². The van der Waals surface area contributed by atoms with Crippen molar-refractivity contribution in [3.8, 4) is 0 Å². The summed E-state index contributed by atoms with van der Waals surface area (Å²) in [5.41, 5.74) is 1.24. The zero-order chi connectivity index (χ0) is 19.2. The number of carbonyl (C=O) groups is 1. The summed E-state index contributed by atoms with van der Waals surface area (Å²) >= 11 is 1.47. The molecule has 0 N–H and O–H groups in total. The Balaban J connectivity index is 1.48. The van der Waals surface area contributed by atoms with Crippen LogP contribution >= 0.6 is 11.3 Å². The number of amides is 1. The van der Waals surface area contributed by atoms with Crippen molar-refractivity contribution in [1.82, 2.24) is 19.7 Å². The Labute approximate surface area is 160 Å². The van der Waals surface area contributed by atoms with Crippen LogP contribution in [0.15, 0.2) is 35.4 Å². The molecule has 0 bridgehead atoms. The predicted molar refractivity (Wildman–Crippen MR) is 104 cm³/mol. The van der Waals surface area contributed by atoms with E-state index in [4.69, 9.17) is 0 Å². The Morgan fingerprint density at radius 3 is 2.52 bits per heavy atom. The fourth-order valence-corrected chi connectivity index (χ4v) is 4.83. The van der Waals surface area contributed by atoms with E-state index in [9.17, 15) is 13.2 Å². The molecule has 4 rings (SSSR count). The number of rotatable bonds is 3. The average Bonchev–Trinajstić information content (AvgIpc) is 3.26. The van der Waals surface area contributed by atoms with Gasteiger partial charge in [-0.1, -0.05) is 11.3 Å². The molecule has 2 aromatic heterocycles. The molecular weight excluding hydrogens is 386 g/mol. The Hall–Kier alpha value is -2.46. The maximum Gasteiger partial charge on any atom is 0.274 e. The number of fused-ring (bicyclic) bond motifs is 1. The second kappa shape index (κ2) is 6.61. The zero-order valence-corrected chi connectivity index (χ0v) is 16.6. The van der Waals surface area contributed by atoms with Gasteiger partial charge in [0.15, 0.2) is 15.0 Å². The summed E-state index contributed by atoms with van der Waals surface area (Å²) in [5, 5.41) is 5.02. The van der Waals surface area contributed by atoms with E-state index in [1.54, 1.807) is 47.1 Å². The summed E-state index contributed by atoms with van der Waals surface area (Å²) in [5.74, 6) is -0.0580. The molecule has 3 heterocycles. The molecule has 142 valence electrons. The highest BCUT2D eigenvalue weighted by Gasteiger charge is 2.25. The molecule has 0 unspecified atom stereocenters. The van der Waals surface area contributed by atoms with Gasteiger partial charge in [-0.15, -0.1) is 0 Å². The van der Waals surface area contributed by atoms with E-state index in [1.165, 1.54) is 17.6 Å². The molecule has 0 radical (unpaired) electrons. The zero-order valence-electron chi connectivity index (χ0n) is 15.0. The van der Waals surface area contributed by atoms with Crippen LogP contribution in [-0.2, 0) is 16.9 Å². The van der Waals surface area contributed by atoms with Gasteiger partial charge in [0.25, 0.3) is 5.91 Å². The van der Waals surface area contributed by atoms with E-state index in [2.05, 4.69) is 15.0 Å². The first-order valence-electron chi connectivity index (χ1n) is 8.46. The lowest BCUT2D eigenvalue weighted by molar-refractivity contribution is 0.0740. The lowest BCUT2D eigenvalue weighted by Gasteiger charge is -2.34. The Morgan fingerprint density at radius 2 is 1.89 bits per heavy atom. The van der Waals surface area contributed by atoms with Gasteiger partial charge in [0.1, 0.15) is 5.69 Å². The molecule has 0 saturated carbocycles. The highest BCUT2D eigenvalue weighted by atomic mass is 32.2. The molecule has 1 aliphatic heterocycles. The number of aryl methyl sites for hydroxylation is 1. The first kappa shape index (κ1) is 17.9. The van der Waals surface area contributed by atoms with Crippen LogP contribution in [0.2, 0.25) is 0 Å². The van der Waals surface area contributed by atoms with Gasteiger partial charge in [-0.3, -0.25) is 9.48 Å². The maximum atomic E-state index is 12.5. The van der Waals surface area contributed by atoms with Gasteiger partial charge >= 0.3 is 0 Å². The first-order chi connectivity index (χ1) is 12.8. The number of hydrogen-bond donors (Lipinski definition) is 0. The van der Waals surface area contributed by atoms with Crippen LogP contribution in [0.1, 0.15) is 10.5 Å². The second-order valence-electron chi connectivity index (χ2n) is 6.55. The normalized spacial score (nSPS) is 15.5. The van der Waals surface area contributed by atoms with Gasteiger partial charge < -0.3 is 9.80 Å². The number of carbonyl (C=O) groups excluding carboxylic acids is 1. The van der Waals surface area contributed by atoms with Crippen LogP contribution in [0.25, 0.3) is 10.2 Å². The Morgan fingerprint density at radius 1 is 1.15 bits per heavy atom. The van der Waals surface area contributed by atoms with Crippen LogP contribution < -0.4 is 4.90 Å². The van der Waals surface area contributed by atoms with Gasteiger partial charge in [-0.2, -0.15) is 5.10 Å². The largest absolute Gasteiger partial charge is 0.345 e. The number of piperazine rings is 1. The van der Waals surface area contributed by atoms with Crippen LogP contribution in [-0.4, -0.2) is 66.4 Å². The fraction of sp³-hybridized carbons (Fsp3) is 0.353. The summed E-state index contributed by atoms with van der Waals surface area (Å²) in [6, 6.07) is 6.73. The first-order valence-corrected chi connectivity index (χ1v) is 11.2. The molecule has 1 aromatic carbocycles. The summed E-state index contributed by atoms with van der Waals surface area (Å²) in [7, 11) is -1.45. The molecular formula is C17H19N5O3S2. The molecule has 3 aromatic rings. The lowest BCUT2D eigenvalue weighted by Crippen LogP contribution is -2.48. The quantitative estimate of drug-likeness (QED) is 0.654. The SMILES string of the molecule is Cn1ccc(C(=O)N2CCN(c3nc4ccc(S(C)(=O)=O)cc4s3)CC2)n1. The van der Waals surface area contributed by atoms with E-state index >= 15 is 0 Å². The van der Waals surface area contributed by atoms with Crippen molar-refractivity contribution >= 4 is 42.4 Å². The Bertz CT molecular complexity index is 1110. The molecule has 8 nitrogen and oxygen atoms in total. The van der Waals surface area contributed by atoms with E-state index in [0.29, 0.717) is 36.8 Å². The Kier molecular flexibility index (Phi) is 4.39. The van der Waals surface area contributed by atoms with Crippen LogP contribution in [0.3, 0.4) is 0 Å². The van der Waals surface area contributed by atoms with Gasteiger partial charge in [0.05, 0.1) is 15.1 Å². The summed E-state index contributed by atoms with van der Waals surface area (Å²) in [6.45, 7) is 2.55. The molecule has 1 fully saturated rings. The highest BCUT2D eigenvalue weighted by Crippen LogP contribution is 2.31. The number of sulfone groups is 1. The number of thiazole rings is 1.